The van der Waals surface area contributed by atoms with Gasteiger partial charge >= 0.3 is 0 Å². The Morgan fingerprint density at radius 3 is 1.66 bits per heavy atom. The molecule has 0 saturated carbocycles. The summed E-state index contributed by atoms with van der Waals surface area (Å²) in [6.07, 6.45) is 11.8. The molecular weight excluding hydrogens is 793 g/mol. The van der Waals surface area contributed by atoms with Gasteiger partial charge in [0.2, 0.25) is 0 Å². The molecule has 0 atom stereocenters. The lowest BCUT2D eigenvalue weighted by atomic mass is 9.82. The van der Waals surface area contributed by atoms with Crippen LogP contribution in [0.1, 0.15) is 81.9 Å². The summed E-state index contributed by atoms with van der Waals surface area (Å²) in [4.78, 5) is 2.43. The number of nitrogens with zero attached hydrogens (tertiary/aromatic N) is 2. The summed E-state index contributed by atoms with van der Waals surface area (Å²) in [5.41, 5.74) is 18.7. The lowest BCUT2D eigenvalue weighted by Crippen LogP contribution is -2.16. The number of hydrogen-bond acceptors (Lipinski definition) is 2. The third-order valence-electron chi connectivity index (χ3n) is 13.8. The number of para-hydroxylation sites is 2. The van der Waals surface area contributed by atoms with E-state index in [2.05, 4.69) is 224 Å². The van der Waals surface area contributed by atoms with E-state index >= 15 is 0 Å². The molecule has 0 radical (unpaired) electrons. The summed E-state index contributed by atoms with van der Waals surface area (Å²) in [6, 6.07) is 69.9. The van der Waals surface area contributed by atoms with E-state index in [4.69, 9.17) is 0 Å². The second-order valence-electron chi connectivity index (χ2n) is 18.2. The Bertz CT molecular complexity index is 3010. The van der Waals surface area contributed by atoms with E-state index in [1.165, 1.54) is 129 Å². The van der Waals surface area contributed by atoms with Gasteiger partial charge in [-0.25, -0.2) is 0 Å². The molecule has 0 spiro atoms. The van der Waals surface area contributed by atoms with E-state index in [1.54, 1.807) is 0 Å². The van der Waals surface area contributed by atoms with Crippen molar-refractivity contribution in [2.24, 2.45) is 0 Å². The van der Waals surface area contributed by atoms with Crippen LogP contribution in [-0.2, 0) is 11.8 Å². The van der Waals surface area contributed by atoms with Crippen molar-refractivity contribution in [3.8, 4) is 39.1 Å². The molecule has 1 aromatic heterocycles. The summed E-state index contributed by atoms with van der Waals surface area (Å²) in [7, 11) is 0. The second kappa shape index (κ2) is 18.4. The molecule has 1 aliphatic carbocycles. The Balaban J connectivity index is 0.936. The van der Waals surface area contributed by atoms with Gasteiger partial charge in [0.05, 0.1) is 11.0 Å². The standard InChI is InChI=1S/C61H58N2S/c1-61(2)57-23-15-13-21-53(57)54-39-38-52(43-58(54)61)62(50-34-29-46(30-35-50)45-27-25-44(26-28-45)18-10-7-5-3-4-6-8-17-41-64)51-36-31-47(32-37-51)48-33-40-60-56(42-48)55-22-14-16-24-59(55)63(60)49-19-11-9-12-20-49/h9,11-16,19-40,42-43,64H,3-8,10,17-18,41H2,1-2H3. The van der Waals surface area contributed by atoms with E-state index in [-0.39, 0.29) is 5.41 Å². The van der Waals surface area contributed by atoms with Crippen molar-refractivity contribution in [3.05, 3.63) is 205 Å². The van der Waals surface area contributed by atoms with Crippen molar-refractivity contribution < 1.29 is 0 Å². The van der Waals surface area contributed by atoms with Gasteiger partial charge in [-0.3, -0.25) is 0 Å². The first-order valence-electron chi connectivity index (χ1n) is 23.5. The van der Waals surface area contributed by atoms with E-state index in [1.807, 2.05) is 0 Å². The number of anilines is 3. The lowest BCUT2D eigenvalue weighted by Gasteiger charge is -2.28. The summed E-state index contributed by atoms with van der Waals surface area (Å²) in [5, 5.41) is 2.52. The first-order chi connectivity index (χ1) is 31.5. The van der Waals surface area contributed by atoms with Crippen LogP contribution in [-0.4, -0.2) is 10.3 Å². The molecule has 3 heteroatoms. The molecular formula is C61H58N2S. The molecule has 0 unspecified atom stereocenters. The summed E-state index contributed by atoms with van der Waals surface area (Å²) in [5.74, 6) is 1.02. The fourth-order valence-electron chi connectivity index (χ4n) is 10.3. The third kappa shape index (κ3) is 8.19. The highest BCUT2D eigenvalue weighted by Gasteiger charge is 2.35. The fraction of sp³-hybridized carbons (Fsp3) is 0.213. The van der Waals surface area contributed by atoms with Gasteiger partial charge in [0.1, 0.15) is 0 Å². The molecule has 0 aliphatic heterocycles. The van der Waals surface area contributed by atoms with Crippen LogP contribution in [0.15, 0.2) is 188 Å². The molecule has 318 valence electrons. The molecule has 2 nitrogen and oxygen atoms in total. The average molecular weight is 851 g/mol. The number of aryl methyl sites for hydroxylation is 1. The second-order valence-corrected chi connectivity index (χ2v) is 18.7. The predicted octanol–water partition coefficient (Wildman–Crippen LogP) is 17.5. The summed E-state index contributed by atoms with van der Waals surface area (Å²) >= 11 is 4.34. The Hall–Kier alpha value is -6.29. The molecule has 10 rings (SSSR count). The van der Waals surface area contributed by atoms with Gasteiger partial charge in [0.25, 0.3) is 0 Å². The zero-order chi connectivity index (χ0) is 43.5. The molecule has 64 heavy (non-hydrogen) atoms. The third-order valence-corrected chi connectivity index (χ3v) is 14.1. The van der Waals surface area contributed by atoms with Crippen LogP contribution in [0.2, 0.25) is 0 Å². The Morgan fingerprint density at radius 1 is 0.422 bits per heavy atom. The number of hydrogen-bond donors (Lipinski definition) is 1. The molecule has 0 bridgehead atoms. The minimum atomic E-state index is -0.0957. The number of rotatable bonds is 16. The quantitative estimate of drug-likeness (QED) is 0.0752. The van der Waals surface area contributed by atoms with Crippen molar-refractivity contribution in [2.75, 3.05) is 10.7 Å². The van der Waals surface area contributed by atoms with Crippen LogP contribution in [0, 0.1) is 0 Å². The Morgan fingerprint density at radius 2 is 0.953 bits per heavy atom. The van der Waals surface area contributed by atoms with Gasteiger partial charge in [-0.05, 0) is 142 Å². The van der Waals surface area contributed by atoms with E-state index in [0.29, 0.717) is 0 Å². The van der Waals surface area contributed by atoms with Crippen molar-refractivity contribution in [2.45, 2.75) is 77.0 Å². The highest BCUT2D eigenvalue weighted by atomic mass is 32.1. The zero-order valence-corrected chi connectivity index (χ0v) is 38.2. The monoisotopic (exact) mass is 850 g/mol. The molecule has 8 aromatic carbocycles. The largest absolute Gasteiger partial charge is 0.310 e. The SMILES string of the molecule is CC1(C)c2ccccc2-c2ccc(N(c3ccc(-c4ccc(CCCCCCCCCCS)cc4)cc3)c3ccc(-c4ccc5c(c4)c4ccccc4n5-c4ccccc4)cc3)cc21. The Kier molecular flexibility index (Phi) is 12.0. The lowest BCUT2D eigenvalue weighted by molar-refractivity contribution is 0.577. The molecule has 0 amide bonds. The van der Waals surface area contributed by atoms with Crippen molar-refractivity contribution in [1.29, 1.82) is 0 Å². The maximum Gasteiger partial charge on any atom is 0.0541 e. The number of unbranched alkanes of at least 4 members (excludes halogenated alkanes) is 7. The van der Waals surface area contributed by atoms with E-state index in [0.717, 1.165) is 29.2 Å². The maximum absolute atomic E-state index is 4.34. The molecule has 0 fully saturated rings. The molecule has 9 aromatic rings. The maximum atomic E-state index is 4.34. The van der Waals surface area contributed by atoms with Crippen LogP contribution >= 0.6 is 12.6 Å². The van der Waals surface area contributed by atoms with Gasteiger partial charge in [-0.1, -0.05) is 174 Å². The molecule has 0 N–H and O–H groups in total. The van der Waals surface area contributed by atoms with Crippen LogP contribution < -0.4 is 4.90 Å². The first kappa shape index (κ1) is 41.7. The van der Waals surface area contributed by atoms with E-state index in [9.17, 15) is 0 Å². The van der Waals surface area contributed by atoms with Crippen molar-refractivity contribution in [1.82, 2.24) is 4.57 Å². The number of aromatic nitrogens is 1. The highest BCUT2D eigenvalue weighted by molar-refractivity contribution is 7.80. The van der Waals surface area contributed by atoms with Gasteiger partial charge < -0.3 is 9.47 Å². The minimum Gasteiger partial charge on any atom is -0.310 e. The van der Waals surface area contributed by atoms with Gasteiger partial charge in [-0.15, -0.1) is 0 Å². The van der Waals surface area contributed by atoms with Gasteiger partial charge in [-0.2, -0.15) is 12.6 Å². The smallest absolute Gasteiger partial charge is 0.0541 e. The average Bonchev–Trinajstić information content (AvgIpc) is 3.79. The van der Waals surface area contributed by atoms with Crippen molar-refractivity contribution >= 4 is 51.5 Å². The van der Waals surface area contributed by atoms with Crippen LogP contribution in [0.5, 0.6) is 0 Å². The molecule has 0 saturated heterocycles. The van der Waals surface area contributed by atoms with Crippen LogP contribution in [0.3, 0.4) is 0 Å². The number of benzene rings is 8. The normalized spacial score (nSPS) is 12.7. The van der Waals surface area contributed by atoms with Crippen LogP contribution in [0.25, 0.3) is 60.9 Å². The molecule has 1 aliphatic rings. The highest BCUT2D eigenvalue weighted by Crippen LogP contribution is 2.51. The summed E-state index contributed by atoms with van der Waals surface area (Å²) in [6.45, 7) is 4.73. The molecule has 1 heterocycles. The minimum absolute atomic E-state index is 0.0957. The topological polar surface area (TPSA) is 8.17 Å². The number of thiol groups is 1. The van der Waals surface area contributed by atoms with E-state index < -0.39 is 0 Å². The van der Waals surface area contributed by atoms with Crippen LogP contribution in [0.4, 0.5) is 17.1 Å². The van der Waals surface area contributed by atoms with Crippen molar-refractivity contribution in [3.63, 3.8) is 0 Å². The fourth-order valence-corrected chi connectivity index (χ4v) is 10.5. The van der Waals surface area contributed by atoms with Gasteiger partial charge in [0.15, 0.2) is 0 Å². The first-order valence-corrected chi connectivity index (χ1v) is 24.1. The Labute approximate surface area is 385 Å². The zero-order valence-electron chi connectivity index (χ0n) is 37.3. The predicted molar refractivity (Wildman–Crippen MR) is 278 cm³/mol. The van der Waals surface area contributed by atoms with Gasteiger partial charge in [0, 0.05) is 38.9 Å². The number of fused-ring (bicyclic) bond motifs is 6. The summed E-state index contributed by atoms with van der Waals surface area (Å²) < 4.78 is 2.38.